The van der Waals surface area contributed by atoms with Gasteiger partial charge in [0.05, 0.1) is 10.6 Å². The summed E-state index contributed by atoms with van der Waals surface area (Å²) in [4.78, 5) is 0. The Morgan fingerprint density at radius 2 is 1.85 bits per heavy atom. The number of ether oxygens (including phenoxy) is 1. The minimum atomic E-state index is -0.404. The summed E-state index contributed by atoms with van der Waals surface area (Å²) in [5.41, 5.74) is 3.69. The Morgan fingerprint density at radius 1 is 1.15 bits per heavy atom. The second-order valence-electron chi connectivity index (χ2n) is 5.37. The van der Waals surface area contributed by atoms with Crippen molar-refractivity contribution in [1.82, 2.24) is 0 Å². The Bertz CT molecular complexity index is 670. The summed E-state index contributed by atoms with van der Waals surface area (Å²) in [6.45, 7) is 4.57. The van der Waals surface area contributed by atoms with E-state index in [0.29, 0.717) is 6.73 Å². The maximum atomic E-state index is 13.2. The van der Waals surface area contributed by atoms with E-state index in [1.54, 1.807) is 12.1 Å². The summed E-state index contributed by atoms with van der Waals surface area (Å²) < 4.78 is 19.0. The molecule has 1 aliphatic rings. The largest absolute Gasteiger partial charge is 0.362 e. The van der Waals surface area contributed by atoms with E-state index in [1.165, 1.54) is 6.07 Å². The number of hydrogen-bond donors (Lipinski definition) is 1. The maximum absolute atomic E-state index is 13.2. The molecule has 4 heteroatoms. The van der Waals surface area contributed by atoms with Gasteiger partial charge >= 0.3 is 0 Å². The topological polar surface area (TPSA) is 21.3 Å². The fourth-order valence-corrected chi connectivity index (χ4v) is 2.60. The van der Waals surface area contributed by atoms with Gasteiger partial charge in [-0.3, -0.25) is 0 Å². The van der Waals surface area contributed by atoms with Crippen LogP contribution >= 0.6 is 11.6 Å². The molecule has 0 aromatic heterocycles. The normalized spacial score (nSPS) is 16.4. The predicted octanol–water partition coefficient (Wildman–Crippen LogP) is 4.78. The second kappa shape index (κ2) is 4.76. The van der Waals surface area contributed by atoms with E-state index in [9.17, 15) is 4.39 Å². The van der Waals surface area contributed by atoms with Gasteiger partial charge in [-0.1, -0.05) is 23.7 Å². The molecule has 2 aromatic carbocycles. The Hall–Kier alpha value is -1.58. The molecule has 3 rings (SSSR count). The van der Waals surface area contributed by atoms with Crippen LogP contribution in [0.25, 0.3) is 11.1 Å². The molecular formula is C16H15ClFNO. The Morgan fingerprint density at radius 3 is 2.60 bits per heavy atom. The summed E-state index contributed by atoms with van der Waals surface area (Å²) in [6.07, 6.45) is 0. The van der Waals surface area contributed by atoms with Crippen molar-refractivity contribution in [2.24, 2.45) is 0 Å². The first-order valence-electron chi connectivity index (χ1n) is 6.45. The molecule has 0 aliphatic carbocycles. The minimum Gasteiger partial charge on any atom is -0.362 e. The lowest BCUT2D eigenvalue weighted by atomic mass is 9.91. The number of fused-ring (bicyclic) bond motifs is 1. The second-order valence-corrected chi connectivity index (χ2v) is 5.77. The molecule has 20 heavy (non-hydrogen) atoms. The smallest absolute Gasteiger partial charge is 0.141 e. The Kier molecular flexibility index (Phi) is 3.19. The molecule has 0 fully saturated rings. The van der Waals surface area contributed by atoms with Crippen LogP contribution in [0.1, 0.15) is 19.4 Å². The monoisotopic (exact) mass is 291 g/mol. The van der Waals surface area contributed by atoms with E-state index in [4.69, 9.17) is 16.3 Å². The van der Waals surface area contributed by atoms with Crippen molar-refractivity contribution in [2.45, 2.75) is 19.4 Å². The lowest BCUT2D eigenvalue weighted by Crippen LogP contribution is -2.31. The highest BCUT2D eigenvalue weighted by molar-refractivity contribution is 6.31. The number of anilines is 1. The van der Waals surface area contributed by atoms with Crippen molar-refractivity contribution in [3.8, 4) is 11.1 Å². The highest BCUT2D eigenvalue weighted by Crippen LogP contribution is 2.37. The van der Waals surface area contributed by atoms with Gasteiger partial charge in [-0.05, 0) is 49.2 Å². The quantitative estimate of drug-likeness (QED) is 0.816. The van der Waals surface area contributed by atoms with E-state index >= 15 is 0 Å². The van der Waals surface area contributed by atoms with Gasteiger partial charge in [0.25, 0.3) is 0 Å². The molecule has 2 nitrogen and oxygen atoms in total. The number of rotatable bonds is 1. The Labute approximate surface area is 122 Å². The average Bonchev–Trinajstić information content (AvgIpc) is 2.41. The summed E-state index contributed by atoms with van der Waals surface area (Å²) in [7, 11) is 0. The SMILES string of the molecule is CC1(C)OCNc2ccc(-c3ccc(F)c(Cl)c3)cc21. The van der Waals surface area contributed by atoms with E-state index in [2.05, 4.69) is 11.4 Å². The lowest BCUT2D eigenvalue weighted by Gasteiger charge is -2.33. The average molecular weight is 292 g/mol. The molecule has 0 unspecified atom stereocenters. The van der Waals surface area contributed by atoms with Crippen LogP contribution < -0.4 is 5.32 Å². The van der Waals surface area contributed by atoms with Crippen molar-refractivity contribution in [3.63, 3.8) is 0 Å². The Balaban J connectivity index is 2.10. The first-order valence-corrected chi connectivity index (χ1v) is 6.83. The molecule has 0 radical (unpaired) electrons. The molecule has 1 aliphatic heterocycles. The summed E-state index contributed by atoms with van der Waals surface area (Å²) in [5, 5.41) is 3.34. The van der Waals surface area contributed by atoms with Crippen LogP contribution in [0.3, 0.4) is 0 Å². The van der Waals surface area contributed by atoms with Crippen molar-refractivity contribution in [3.05, 3.63) is 52.8 Å². The molecule has 0 saturated carbocycles. The summed E-state index contributed by atoms with van der Waals surface area (Å²) in [6, 6.07) is 10.8. The first-order chi connectivity index (χ1) is 9.47. The van der Waals surface area contributed by atoms with E-state index < -0.39 is 5.82 Å². The van der Waals surface area contributed by atoms with Gasteiger partial charge in [0, 0.05) is 11.3 Å². The van der Waals surface area contributed by atoms with Gasteiger partial charge in [0.15, 0.2) is 0 Å². The van der Waals surface area contributed by atoms with Crippen LogP contribution in [0.5, 0.6) is 0 Å². The van der Waals surface area contributed by atoms with Gasteiger partial charge in [0.2, 0.25) is 0 Å². The third-order valence-corrected chi connectivity index (χ3v) is 3.91. The van der Waals surface area contributed by atoms with Crippen molar-refractivity contribution >= 4 is 17.3 Å². The van der Waals surface area contributed by atoms with Crippen LogP contribution in [0.2, 0.25) is 5.02 Å². The summed E-state index contributed by atoms with van der Waals surface area (Å²) >= 11 is 5.85. The lowest BCUT2D eigenvalue weighted by molar-refractivity contribution is -0.0178. The van der Waals surface area contributed by atoms with Crippen LogP contribution in [0.15, 0.2) is 36.4 Å². The standard InChI is InChI=1S/C16H15ClFNO/c1-16(2)12-7-10(4-6-15(12)19-9-20-16)11-3-5-14(18)13(17)8-11/h3-8,19H,9H2,1-2H3. The molecule has 0 amide bonds. The zero-order valence-corrected chi connectivity index (χ0v) is 12.1. The summed E-state index contributed by atoms with van der Waals surface area (Å²) in [5.74, 6) is -0.404. The third kappa shape index (κ3) is 2.28. The van der Waals surface area contributed by atoms with Gasteiger partial charge < -0.3 is 10.1 Å². The zero-order chi connectivity index (χ0) is 14.3. The van der Waals surface area contributed by atoms with Crippen molar-refractivity contribution in [2.75, 3.05) is 12.0 Å². The fourth-order valence-electron chi connectivity index (χ4n) is 2.42. The van der Waals surface area contributed by atoms with E-state index in [-0.39, 0.29) is 10.6 Å². The highest BCUT2D eigenvalue weighted by Gasteiger charge is 2.28. The number of benzene rings is 2. The molecule has 1 heterocycles. The fraction of sp³-hybridized carbons (Fsp3) is 0.250. The molecular weight excluding hydrogens is 277 g/mol. The highest BCUT2D eigenvalue weighted by atomic mass is 35.5. The molecule has 104 valence electrons. The van der Waals surface area contributed by atoms with Gasteiger partial charge in [-0.15, -0.1) is 0 Å². The molecule has 0 bridgehead atoms. The zero-order valence-electron chi connectivity index (χ0n) is 11.3. The van der Waals surface area contributed by atoms with Crippen LogP contribution in [-0.2, 0) is 10.3 Å². The van der Waals surface area contributed by atoms with Crippen molar-refractivity contribution in [1.29, 1.82) is 0 Å². The van der Waals surface area contributed by atoms with Crippen LogP contribution in [-0.4, -0.2) is 6.73 Å². The maximum Gasteiger partial charge on any atom is 0.141 e. The number of halogens is 2. The molecule has 1 N–H and O–H groups in total. The predicted molar refractivity (Wildman–Crippen MR) is 79.4 cm³/mol. The van der Waals surface area contributed by atoms with Crippen LogP contribution in [0.4, 0.5) is 10.1 Å². The molecule has 0 saturated heterocycles. The first kappa shape index (κ1) is 13.4. The minimum absolute atomic E-state index is 0.133. The third-order valence-electron chi connectivity index (χ3n) is 3.62. The molecule has 0 spiro atoms. The molecule has 2 aromatic rings. The van der Waals surface area contributed by atoms with Gasteiger partial charge in [0.1, 0.15) is 12.5 Å². The number of hydrogen-bond acceptors (Lipinski definition) is 2. The number of nitrogens with one attached hydrogen (secondary N) is 1. The van der Waals surface area contributed by atoms with Gasteiger partial charge in [-0.25, -0.2) is 4.39 Å². The molecule has 0 atom stereocenters. The van der Waals surface area contributed by atoms with Gasteiger partial charge in [-0.2, -0.15) is 0 Å². The van der Waals surface area contributed by atoms with Crippen molar-refractivity contribution < 1.29 is 9.13 Å². The van der Waals surface area contributed by atoms with Crippen LogP contribution in [0, 0.1) is 5.82 Å². The van der Waals surface area contributed by atoms with E-state index in [1.807, 2.05) is 26.0 Å². The van der Waals surface area contributed by atoms with E-state index in [0.717, 1.165) is 22.4 Å².